The minimum Gasteiger partial charge on any atom is -0.491 e. The monoisotopic (exact) mass is 384 g/mol. The molecule has 1 N–H and O–H groups in total. The molecule has 6 heteroatoms. The van der Waals surface area contributed by atoms with Gasteiger partial charge in [-0.25, -0.2) is 4.98 Å². The van der Waals surface area contributed by atoms with Gasteiger partial charge in [0.1, 0.15) is 12.4 Å². The molecular weight excluding hydrogens is 360 g/mol. The number of para-hydroxylation sites is 2. The normalized spacial score (nSPS) is 12.2. The molecule has 0 spiro atoms. The first-order chi connectivity index (χ1) is 13.2. The summed E-state index contributed by atoms with van der Waals surface area (Å²) in [7, 11) is 0. The standard InChI is InChI=1S/C21H24N2O3S/c1-2-3-13-23-20(25)18-11-7-8-12-19(18)22-21(23)27-15-16(24)14-26-17-9-5-4-6-10-17/h4-12,16,24H,2-3,13-15H2,1H3/t16-/m1/s1. The van der Waals surface area contributed by atoms with Crippen LogP contribution in [-0.4, -0.2) is 33.1 Å². The Labute approximate surface area is 163 Å². The summed E-state index contributed by atoms with van der Waals surface area (Å²) in [5, 5.41) is 11.5. The third kappa shape index (κ3) is 5.11. The summed E-state index contributed by atoms with van der Waals surface area (Å²) in [6, 6.07) is 16.8. The van der Waals surface area contributed by atoms with Gasteiger partial charge in [0.25, 0.3) is 5.56 Å². The molecule has 3 rings (SSSR count). The van der Waals surface area contributed by atoms with E-state index in [2.05, 4.69) is 11.9 Å². The molecule has 5 nitrogen and oxygen atoms in total. The largest absolute Gasteiger partial charge is 0.491 e. The summed E-state index contributed by atoms with van der Waals surface area (Å²) in [6.07, 6.45) is 1.25. The summed E-state index contributed by atoms with van der Waals surface area (Å²) >= 11 is 1.39. The van der Waals surface area contributed by atoms with Gasteiger partial charge in [-0.05, 0) is 30.7 Å². The Bertz CT molecular complexity index is 928. The van der Waals surface area contributed by atoms with E-state index in [4.69, 9.17) is 4.74 Å². The van der Waals surface area contributed by atoms with Crippen LogP contribution in [0.15, 0.2) is 64.5 Å². The molecule has 0 fully saturated rings. The van der Waals surface area contributed by atoms with E-state index < -0.39 is 6.10 Å². The highest BCUT2D eigenvalue weighted by Crippen LogP contribution is 2.20. The fraction of sp³-hybridized carbons (Fsp3) is 0.333. The van der Waals surface area contributed by atoms with Gasteiger partial charge in [-0.1, -0.05) is 55.4 Å². The van der Waals surface area contributed by atoms with Crippen LogP contribution >= 0.6 is 11.8 Å². The van der Waals surface area contributed by atoms with Gasteiger partial charge >= 0.3 is 0 Å². The van der Waals surface area contributed by atoms with Gasteiger partial charge < -0.3 is 9.84 Å². The second kappa shape index (κ2) is 9.58. The Morgan fingerprint density at radius 1 is 1.15 bits per heavy atom. The molecule has 0 unspecified atom stereocenters. The van der Waals surface area contributed by atoms with Crippen molar-refractivity contribution < 1.29 is 9.84 Å². The molecule has 1 aromatic heterocycles. The number of aliphatic hydroxyl groups excluding tert-OH is 1. The maximum atomic E-state index is 12.8. The summed E-state index contributed by atoms with van der Waals surface area (Å²) in [5.41, 5.74) is 0.666. The van der Waals surface area contributed by atoms with E-state index >= 15 is 0 Å². The fourth-order valence-corrected chi connectivity index (χ4v) is 3.63. The zero-order chi connectivity index (χ0) is 19.1. The van der Waals surface area contributed by atoms with Crippen LogP contribution in [0, 0.1) is 0 Å². The summed E-state index contributed by atoms with van der Waals surface area (Å²) in [5.74, 6) is 1.13. The van der Waals surface area contributed by atoms with Crippen molar-refractivity contribution >= 4 is 22.7 Å². The van der Waals surface area contributed by atoms with E-state index in [1.165, 1.54) is 11.8 Å². The average molecular weight is 385 g/mol. The SMILES string of the molecule is CCCCn1c(SC[C@H](O)COc2ccccc2)nc2ccccc2c1=O. The first-order valence-corrected chi connectivity index (χ1v) is 10.2. The summed E-state index contributed by atoms with van der Waals surface area (Å²) in [6.45, 7) is 2.92. The van der Waals surface area contributed by atoms with E-state index in [9.17, 15) is 9.90 Å². The minimum atomic E-state index is -0.654. The molecular formula is C21H24N2O3S. The molecule has 142 valence electrons. The lowest BCUT2D eigenvalue weighted by molar-refractivity contribution is 0.126. The predicted molar refractivity (Wildman–Crippen MR) is 110 cm³/mol. The Morgan fingerprint density at radius 3 is 2.67 bits per heavy atom. The van der Waals surface area contributed by atoms with Crippen LogP contribution in [0.25, 0.3) is 10.9 Å². The fourth-order valence-electron chi connectivity index (χ4n) is 2.70. The molecule has 0 aliphatic carbocycles. The molecule has 0 radical (unpaired) electrons. The lowest BCUT2D eigenvalue weighted by atomic mass is 10.2. The van der Waals surface area contributed by atoms with Crippen molar-refractivity contribution in [1.82, 2.24) is 9.55 Å². The molecule has 1 heterocycles. The Morgan fingerprint density at radius 2 is 1.89 bits per heavy atom. The summed E-state index contributed by atoms with van der Waals surface area (Å²) < 4.78 is 7.32. The number of nitrogens with zero attached hydrogens (tertiary/aromatic N) is 2. The van der Waals surface area contributed by atoms with Crippen molar-refractivity contribution in [2.24, 2.45) is 0 Å². The van der Waals surface area contributed by atoms with Crippen molar-refractivity contribution in [3.05, 3.63) is 65.0 Å². The Hall–Kier alpha value is -2.31. The quantitative estimate of drug-likeness (QED) is 0.450. The number of unbranched alkanes of at least 4 members (excludes halogenated alkanes) is 1. The highest BCUT2D eigenvalue weighted by Gasteiger charge is 2.14. The lowest BCUT2D eigenvalue weighted by Crippen LogP contribution is -2.25. The molecule has 27 heavy (non-hydrogen) atoms. The van der Waals surface area contributed by atoms with Crippen molar-refractivity contribution in [2.45, 2.75) is 37.6 Å². The van der Waals surface area contributed by atoms with Crippen LogP contribution in [0.3, 0.4) is 0 Å². The second-order valence-electron chi connectivity index (χ2n) is 6.31. The number of ether oxygens (including phenoxy) is 1. The average Bonchev–Trinajstić information content (AvgIpc) is 2.71. The summed E-state index contributed by atoms with van der Waals surface area (Å²) in [4.78, 5) is 17.5. The van der Waals surface area contributed by atoms with Gasteiger partial charge in [0.05, 0.1) is 17.0 Å². The van der Waals surface area contributed by atoms with Crippen LogP contribution in [-0.2, 0) is 6.54 Å². The third-order valence-corrected chi connectivity index (χ3v) is 5.27. The Kier molecular flexibility index (Phi) is 6.90. The van der Waals surface area contributed by atoms with Gasteiger partial charge in [-0.2, -0.15) is 0 Å². The van der Waals surface area contributed by atoms with Crippen LogP contribution in [0.1, 0.15) is 19.8 Å². The van der Waals surface area contributed by atoms with Crippen molar-refractivity contribution in [2.75, 3.05) is 12.4 Å². The number of hydrogen-bond donors (Lipinski definition) is 1. The van der Waals surface area contributed by atoms with Gasteiger partial charge in [0, 0.05) is 12.3 Å². The minimum absolute atomic E-state index is 0.0217. The number of rotatable bonds is 9. The first-order valence-electron chi connectivity index (χ1n) is 9.17. The number of fused-ring (bicyclic) bond motifs is 1. The van der Waals surface area contributed by atoms with Crippen LogP contribution in [0.2, 0.25) is 0 Å². The van der Waals surface area contributed by atoms with Crippen molar-refractivity contribution in [3.63, 3.8) is 0 Å². The topological polar surface area (TPSA) is 64.3 Å². The van der Waals surface area contributed by atoms with E-state index in [1.807, 2.05) is 54.6 Å². The van der Waals surface area contributed by atoms with Crippen LogP contribution < -0.4 is 10.3 Å². The number of aromatic nitrogens is 2. The van der Waals surface area contributed by atoms with E-state index in [0.29, 0.717) is 28.4 Å². The Balaban J connectivity index is 1.71. The molecule has 2 aromatic carbocycles. The maximum absolute atomic E-state index is 12.8. The number of thioether (sulfide) groups is 1. The third-order valence-electron chi connectivity index (χ3n) is 4.15. The molecule has 0 bridgehead atoms. The zero-order valence-electron chi connectivity index (χ0n) is 15.4. The van der Waals surface area contributed by atoms with E-state index in [1.54, 1.807) is 4.57 Å². The lowest BCUT2D eigenvalue weighted by Gasteiger charge is -2.15. The second-order valence-corrected chi connectivity index (χ2v) is 7.30. The number of aliphatic hydroxyl groups is 1. The molecule has 0 aliphatic heterocycles. The van der Waals surface area contributed by atoms with E-state index in [-0.39, 0.29) is 12.2 Å². The van der Waals surface area contributed by atoms with Gasteiger partial charge in [0.2, 0.25) is 0 Å². The number of benzene rings is 2. The molecule has 0 amide bonds. The first kappa shape index (κ1) is 19.5. The molecule has 0 aliphatic rings. The van der Waals surface area contributed by atoms with Gasteiger partial charge in [-0.3, -0.25) is 9.36 Å². The van der Waals surface area contributed by atoms with Crippen molar-refractivity contribution in [3.8, 4) is 5.75 Å². The smallest absolute Gasteiger partial charge is 0.262 e. The van der Waals surface area contributed by atoms with Crippen LogP contribution in [0.5, 0.6) is 5.75 Å². The van der Waals surface area contributed by atoms with Gasteiger partial charge in [0.15, 0.2) is 5.16 Å². The van der Waals surface area contributed by atoms with Gasteiger partial charge in [-0.15, -0.1) is 0 Å². The zero-order valence-corrected chi connectivity index (χ0v) is 16.2. The maximum Gasteiger partial charge on any atom is 0.262 e. The highest BCUT2D eigenvalue weighted by atomic mass is 32.2. The molecule has 0 saturated heterocycles. The molecule has 0 saturated carbocycles. The number of hydrogen-bond acceptors (Lipinski definition) is 5. The molecule has 1 atom stereocenters. The van der Waals surface area contributed by atoms with E-state index in [0.717, 1.165) is 18.6 Å². The highest BCUT2D eigenvalue weighted by molar-refractivity contribution is 7.99. The predicted octanol–water partition coefficient (Wildman–Crippen LogP) is 3.73. The van der Waals surface area contributed by atoms with Crippen LogP contribution in [0.4, 0.5) is 0 Å². The molecule has 3 aromatic rings. The van der Waals surface area contributed by atoms with Crippen molar-refractivity contribution in [1.29, 1.82) is 0 Å².